The van der Waals surface area contributed by atoms with Crippen molar-refractivity contribution in [1.82, 2.24) is 10.2 Å². The molecule has 0 atom stereocenters. The van der Waals surface area contributed by atoms with Crippen LogP contribution >= 0.6 is 23.2 Å². The molecule has 108 valence electrons. The number of carboxylic acids is 1. The van der Waals surface area contributed by atoms with Crippen molar-refractivity contribution >= 4 is 47.0 Å². The first kappa shape index (κ1) is 15.1. The van der Waals surface area contributed by atoms with Gasteiger partial charge in [0.15, 0.2) is 5.82 Å². The van der Waals surface area contributed by atoms with E-state index in [-0.39, 0.29) is 11.5 Å². The number of nitrogens with zero attached hydrogens (tertiary/aromatic N) is 1. The summed E-state index contributed by atoms with van der Waals surface area (Å²) in [6.45, 7) is 0. The molecule has 2 rings (SSSR count). The maximum absolute atomic E-state index is 11.7. The van der Waals surface area contributed by atoms with Gasteiger partial charge in [0, 0.05) is 12.1 Å². The molecule has 1 amide bonds. The van der Waals surface area contributed by atoms with E-state index in [2.05, 4.69) is 15.5 Å². The molecule has 0 aliphatic carbocycles. The van der Waals surface area contributed by atoms with Gasteiger partial charge in [0.05, 0.1) is 10.0 Å². The summed E-state index contributed by atoms with van der Waals surface area (Å²) in [7, 11) is 0. The van der Waals surface area contributed by atoms with Crippen LogP contribution in [-0.2, 0) is 4.79 Å². The predicted octanol–water partition coefficient (Wildman–Crippen LogP) is 3.07. The highest BCUT2D eigenvalue weighted by atomic mass is 35.5. The second-order valence-corrected chi connectivity index (χ2v) is 4.78. The number of carboxylic acid groups (broad SMARTS) is 1. The summed E-state index contributed by atoms with van der Waals surface area (Å²) in [6.07, 6.45) is 2.82. The fraction of sp³-hybridized carbons (Fsp3) is 0. The monoisotopic (exact) mass is 325 g/mol. The summed E-state index contributed by atoms with van der Waals surface area (Å²) in [4.78, 5) is 22.3. The van der Waals surface area contributed by atoms with E-state index in [0.717, 1.165) is 0 Å². The molecule has 3 N–H and O–H groups in total. The molecule has 1 aromatic heterocycles. The van der Waals surface area contributed by atoms with Gasteiger partial charge in [-0.25, -0.2) is 4.79 Å². The molecule has 0 saturated carbocycles. The lowest BCUT2D eigenvalue weighted by Crippen LogP contribution is -2.07. The number of anilines is 1. The van der Waals surface area contributed by atoms with Crippen molar-refractivity contribution in [2.75, 3.05) is 5.32 Å². The summed E-state index contributed by atoms with van der Waals surface area (Å²) in [6, 6.07) is 6.15. The Morgan fingerprint density at radius 1 is 1.24 bits per heavy atom. The van der Waals surface area contributed by atoms with Crippen molar-refractivity contribution in [3.63, 3.8) is 0 Å². The second-order valence-electron chi connectivity index (χ2n) is 3.97. The summed E-state index contributed by atoms with van der Waals surface area (Å²) < 4.78 is 0. The van der Waals surface area contributed by atoms with E-state index in [1.807, 2.05) is 0 Å². The number of aromatic amines is 1. The fourth-order valence-corrected chi connectivity index (χ4v) is 1.76. The van der Waals surface area contributed by atoms with E-state index in [1.165, 1.54) is 12.1 Å². The first-order valence-electron chi connectivity index (χ1n) is 5.68. The van der Waals surface area contributed by atoms with E-state index in [0.29, 0.717) is 15.6 Å². The Morgan fingerprint density at radius 2 is 2.00 bits per heavy atom. The number of rotatable bonds is 4. The topological polar surface area (TPSA) is 95.1 Å². The van der Waals surface area contributed by atoms with Gasteiger partial charge in [-0.3, -0.25) is 9.89 Å². The predicted molar refractivity (Wildman–Crippen MR) is 79.7 cm³/mol. The van der Waals surface area contributed by atoms with Crippen LogP contribution in [0, 0.1) is 0 Å². The number of hydrogen-bond acceptors (Lipinski definition) is 3. The minimum Gasteiger partial charge on any atom is -0.477 e. The van der Waals surface area contributed by atoms with E-state index in [1.54, 1.807) is 24.3 Å². The third-order valence-electron chi connectivity index (χ3n) is 2.43. The lowest BCUT2D eigenvalue weighted by molar-refractivity contribution is -0.111. The van der Waals surface area contributed by atoms with Crippen LogP contribution in [0.3, 0.4) is 0 Å². The molecule has 0 aliphatic heterocycles. The molecule has 2 aromatic rings. The molecular weight excluding hydrogens is 317 g/mol. The minimum atomic E-state index is -1.16. The average Bonchev–Trinajstić information content (AvgIpc) is 2.89. The molecule has 21 heavy (non-hydrogen) atoms. The van der Waals surface area contributed by atoms with Gasteiger partial charge < -0.3 is 10.4 Å². The lowest BCUT2D eigenvalue weighted by atomic mass is 10.2. The van der Waals surface area contributed by atoms with Gasteiger partial charge >= 0.3 is 5.97 Å². The number of carbonyl (C=O) groups excluding carboxylic acids is 1. The van der Waals surface area contributed by atoms with Crippen LogP contribution in [0.15, 0.2) is 30.3 Å². The quantitative estimate of drug-likeness (QED) is 0.753. The molecule has 0 bridgehead atoms. The number of aromatic nitrogens is 2. The molecule has 1 heterocycles. The number of carbonyl (C=O) groups is 2. The molecule has 0 aliphatic rings. The Kier molecular flexibility index (Phi) is 4.62. The van der Waals surface area contributed by atoms with Gasteiger partial charge in [-0.2, -0.15) is 5.10 Å². The minimum absolute atomic E-state index is 0.112. The van der Waals surface area contributed by atoms with Crippen LogP contribution in [0.4, 0.5) is 5.82 Å². The van der Waals surface area contributed by atoms with E-state index in [9.17, 15) is 9.59 Å². The Morgan fingerprint density at radius 3 is 2.62 bits per heavy atom. The van der Waals surface area contributed by atoms with Gasteiger partial charge in [0.2, 0.25) is 5.91 Å². The first-order valence-corrected chi connectivity index (χ1v) is 6.44. The van der Waals surface area contributed by atoms with E-state index in [4.69, 9.17) is 28.3 Å². The number of amides is 1. The van der Waals surface area contributed by atoms with Crippen molar-refractivity contribution in [2.45, 2.75) is 0 Å². The third kappa shape index (κ3) is 4.08. The molecule has 8 heteroatoms. The number of aromatic carboxylic acids is 1. The third-order valence-corrected chi connectivity index (χ3v) is 3.17. The van der Waals surface area contributed by atoms with Gasteiger partial charge in [-0.05, 0) is 23.8 Å². The van der Waals surface area contributed by atoms with Crippen LogP contribution in [0.2, 0.25) is 10.0 Å². The molecule has 0 fully saturated rings. The zero-order chi connectivity index (χ0) is 15.4. The normalized spacial score (nSPS) is 10.8. The van der Waals surface area contributed by atoms with Crippen molar-refractivity contribution in [3.05, 3.63) is 51.6 Å². The Hall–Kier alpha value is -2.31. The van der Waals surface area contributed by atoms with Crippen molar-refractivity contribution in [2.24, 2.45) is 0 Å². The summed E-state index contributed by atoms with van der Waals surface area (Å²) in [5.74, 6) is -1.49. The zero-order valence-electron chi connectivity index (χ0n) is 10.4. The van der Waals surface area contributed by atoms with Crippen LogP contribution in [0.5, 0.6) is 0 Å². The van der Waals surface area contributed by atoms with Gasteiger partial charge in [-0.15, -0.1) is 0 Å². The van der Waals surface area contributed by atoms with E-state index < -0.39 is 11.9 Å². The smallest absolute Gasteiger partial charge is 0.353 e. The van der Waals surface area contributed by atoms with Crippen LogP contribution < -0.4 is 5.32 Å². The van der Waals surface area contributed by atoms with Crippen molar-refractivity contribution in [3.8, 4) is 0 Å². The summed E-state index contributed by atoms with van der Waals surface area (Å²) in [5, 5.41) is 17.9. The van der Waals surface area contributed by atoms with Crippen LogP contribution in [0.25, 0.3) is 6.08 Å². The average molecular weight is 326 g/mol. The molecule has 0 radical (unpaired) electrons. The highest BCUT2D eigenvalue weighted by Gasteiger charge is 2.08. The standard InChI is InChI=1S/C13H9Cl2N3O3/c14-8-3-1-7(5-9(8)15)2-4-12(19)16-11-6-10(13(20)21)17-18-11/h1-6H,(H,20,21)(H2,16,17,18,19). The largest absolute Gasteiger partial charge is 0.477 e. The molecule has 6 nitrogen and oxygen atoms in total. The molecular formula is C13H9Cl2N3O3. The molecule has 0 unspecified atom stereocenters. The van der Waals surface area contributed by atoms with E-state index >= 15 is 0 Å². The van der Waals surface area contributed by atoms with Gasteiger partial charge in [0.25, 0.3) is 0 Å². The molecule has 1 aromatic carbocycles. The molecule has 0 saturated heterocycles. The highest BCUT2D eigenvalue weighted by molar-refractivity contribution is 6.42. The van der Waals surface area contributed by atoms with Gasteiger partial charge in [-0.1, -0.05) is 29.3 Å². The number of halogens is 2. The zero-order valence-corrected chi connectivity index (χ0v) is 11.9. The van der Waals surface area contributed by atoms with Gasteiger partial charge in [0.1, 0.15) is 5.69 Å². The van der Waals surface area contributed by atoms with Crippen LogP contribution in [0.1, 0.15) is 16.1 Å². The fourth-order valence-electron chi connectivity index (χ4n) is 1.45. The highest BCUT2D eigenvalue weighted by Crippen LogP contribution is 2.23. The van der Waals surface area contributed by atoms with Crippen LogP contribution in [-0.4, -0.2) is 27.2 Å². The Balaban J connectivity index is 2.01. The second kappa shape index (κ2) is 6.43. The Bertz CT molecular complexity index is 725. The number of nitrogens with one attached hydrogen (secondary N) is 2. The maximum Gasteiger partial charge on any atom is 0.353 e. The lowest BCUT2D eigenvalue weighted by Gasteiger charge is -1.98. The maximum atomic E-state index is 11.7. The molecule has 0 spiro atoms. The van der Waals surface area contributed by atoms with Crippen molar-refractivity contribution in [1.29, 1.82) is 0 Å². The number of H-pyrrole nitrogens is 1. The first-order chi connectivity index (χ1) is 9.95. The summed E-state index contributed by atoms with van der Waals surface area (Å²) >= 11 is 11.6. The van der Waals surface area contributed by atoms with Crippen molar-refractivity contribution < 1.29 is 14.7 Å². The SMILES string of the molecule is O=C(C=Cc1ccc(Cl)c(Cl)c1)Nc1cc(C(=O)O)[nH]n1. The number of benzene rings is 1. The Labute approximate surface area is 129 Å². The summed E-state index contributed by atoms with van der Waals surface area (Å²) in [5.41, 5.74) is 0.589. The number of hydrogen-bond donors (Lipinski definition) is 3.